The second kappa shape index (κ2) is 3.49. The monoisotopic (exact) mass is 193 g/mol. The summed E-state index contributed by atoms with van der Waals surface area (Å²) in [4.78, 5) is 8.16. The van der Waals surface area contributed by atoms with Gasteiger partial charge in [-0.15, -0.1) is 0 Å². The van der Waals surface area contributed by atoms with Crippen molar-refractivity contribution in [2.45, 2.75) is 13.5 Å². The molecule has 0 saturated heterocycles. The number of imidazole rings is 1. The third kappa shape index (κ3) is 1.73. The number of nitrogens with one attached hydrogen (secondary N) is 1. The van der Waals surface area contributed by atoms with E-state index in [0.717, 1.165) is 5.82 Å². The Hall–Kier alpha value is -1.85. The molecule has 0 spiro atoms. The van der Waals surface area contributed by atoms with Crippen LogP contribution in [-0.4, -0.2) is 19.7 Å². The number of hydrogen-bond donors (Lipinski definition) is 1. The molecule has 2 aromatic heterocycles. The predicted molar refractivity (Wildman–Crippen MR) is 49.6 cm³/mol. The largest absolute Gasteiger partial charge is 0.337 e. The summed E-state index contributed by atoms with van der Waals surface area (Å²) >= 11 is 0. The maximum absolute atomic E-state index is 4.89. The van der Waals surface area contributed by atoms with Crippen LogP contribution in [0.3, 0.4) is 0 Å². The number of rotatable bonds is 3. The van der Waals surface area contributed by atoms with Crippen molar-refractivity contribution in [2.24, 2.45) is 7.05 Å². The van der Waals surface area contributed by atoms with Crippen LogP contribution in [0, 0.1) is 6.92 Å². The van der Waals surface area contributed by atoms with Crippen molar-refractivity contribution in [1.29, 1.82) is 0 Å². The molecule has 0 aromatic carbocycles. The fourth-order valence-electron chi connectivity index (χ4n) is 1.09. The van der Waals surface area contributed by atoms with Crippen molar-refractivity contribution in [2.75, 3.05) is 5.32 Å². The Morgan fingerprint density at radius 3 is 3.00 bits per heavy atom. The third-order valence-corrected chi connectivity index (χ3v) is 1.85. The highest BCUT2D eigenvalue weighted by Crippen LogP contribution is 2.04. The van der Waals surface area contributed by atoms with E-state index >= 15 is 0 Å². The summed E-state index contributed by atoms with van der Waals surface area (Å²) in [5.74, 6) is 1.54. The number of aryl methyl sites for hydroxylation is 2. The summed E-state index contributed by atoms with van der Waals surface area (Å²) in [5, 5.41) is 6.65. The van der Waals surface area contributed by atoms with E-state index in [1.165, 1.54) is 0 Å². The predicted octanol–water partition coefficient (Wildman–Crippen LogP) is 0.724. The highest BCUT2D eigenvalue weighted by molar-refractivity contribution is 5.18. The van der Waals surface area contributed by atoms with E-state index in [0.29, 0.717) is 18.4 Å². The molecule has 0 saturated carbocycles. The molecule has 74 valence electrons. The molecule has 0 radical (unpaired) electrons. The summed E-state index contributed by atoms with van der Waals surface area (Å²) in [6, 6.07) is 0.422. The van der Waals surface area contributed by atoms with E-state index in [2.05, 4.69) is 20.4 Å². The molecule has 0 aliphatic rings. The summed E-state index contributed by atoms with van der Waals surface area (Å²) in [6.07, 6.45) is 3.63. The molecule has 0 amide bonds. The highest BCUT2D eigenvalue weighted by Gasteiger charge is 2.03. The molecule has 0 atom stereocenters. The molecule has 0 aliphatic carbocycles. The van der Waals surface area contributed by atoms with Gasteiger partial charge in [0.2, 0.25) is 0 Å². The van der Waals surface area contributed by atoms with Gasteiger partial charge in [0.15, 0.2) is 5.82 Å². The highest BCUT2D eigenvalue weighted by atomic mass is 16.5. The second-order valence-corrected chi connectivity index (χ2v) is 2.95. The van der Waals surface area contributed by atoms with Crippen LogP contribution in [0.5, 0.6) is 0 Å². The van der Waals surface area contributed by atoms with Crippen LogP contribution in [0.4, 0.5) is 6.01 Å². The molecule has 0 unspecified atom stereocenters. The molecule has 6 nitrogen and oxygen atoms in total. The molecular weight excluding hydrogens is 182 g/mol. The average Bonchev–Trinajstić information content (AvgIpc) is 2.72. The van der Waals surface area contributed by atoms with Gasteiger partial charge < -0.3 is 14.4 Å². The van der Waals surface area contributed by atoms with Crippen LogP contribution in [0.15, 0.2) is 16.9 Å². The lowest BCUT2D eigenvalue weighted by Gasteiger charge is -2.00. The van der Waals surface area contributed by atoms with Gasteiger partial charge in [-0.25, -0.2) is 4.98 Å². The zero-order chi connectivity index (χ0) is 9.97. The summed E-state index contributed by atoms with van der Waals surface area (Å²) in [6.45, 7) is 2.35. The first-order valence-electron chi connectivity index (χ1n) is 4.26. The third-order valence-electron chi connectivity index (χ3n) is 1.85. The lowest BCUT2D eigenvalue weighted by molar-refractivity contribution is 0.425. The Kier molecular flexibility index (Phi) is 2.18. The molecular formula is C8H11N5O. The SMILES string of the molecule is Cc1noc(NCc2nccn2C)n1. The van der Waals surface area contributed by atoms with E-state index in [1.54, 1.807) is 13.1 Å². The first-order valence-corrected chi connectivity index (χ1v) is 4.26. The Balaban J connectivity index is 1.98. The molecule has 1 N–H and O–H groups in total. The zero-order valence-electron chi connectivity index (χ0n) is 8.06. The van der Waals surface area contributed by atoms with Crippen molar-refractivity contribution >= 4 is 6.01 Å². The Morgan fingerprint density at radius 1 is 1.57 bits per heavy atom. The van der Waals surface area contributed by atoms with Crippen molar-refractivity contribution in [1.82, 2.24) is 19.7 Å². The van der Waals surface area contributed by atoms with Crippen LogP contribution >= 0.6 is 0 Å². The van der Waals surface area contributed by atoms with Crippen molar-refractivity contribution in [3.63, 3.8) is 0 Å². The fourth-order valence-corrected chi connectivity index (χ4v) is 1.09. The summed E-state index contributed by atoms with van der Waals surface area (Å²) in [5.41, 5.74) is 0. The minimum Gasteiger partial charge on any atom is -0.337 e. The van der Waals surface area contributed by atoms with Gasteiger partial charge in [-0.05, 0) is 6.92 Å². The fraction of sp³-hybridized carbons (Fsp3) is 0.375. The Labute approximate surface area is 81.0 Å². The topological polar surface area (TPSA) is 68.8 Å². The van der Waals surface area contributed by atoms with E-state index in [4.69, 9.17) is 4.52 Å². The van der Waals surface area contributed by atoms with Gasteiger partial charge in [0.1, 0.15) is 5.82 Å². The second-order valence-electron chi connectivity index (χ2n) is 2.95. The molecule has 6 heteroatoms. The maximum Gasteiger partial charge on any atom is 0.321 e. The normalized spacial score (nSPS) is 10.4. The lowest BCUT2D eigenvalue weighted by Crippen LogP contribution is -2.05. The van der Waals surface area contributed by atoms with Crippen LogP contribution < -0.4 is 5.32 Å². The van der Waals surface area contributed by atoms with Crippen LogP contribution in [-0.2, 0) is 13.6 Å². The molecule has 0 aliphatic heterocycles. The first-order chi connectivity index (χ1) is 6.75. The quantitative estimate of drug-likeness (QED) is 0.778. The number of hydrogen-bond acceptors (Lipinski definition) is 5. The van der Waals surface area contributed by atoms with E-state index in [1.807, 2.05) is 17.8 Å². The van der Waals surface area contributed by atoms with Gasteiger partial charge in [-0.1, -0.05) is 5.16 Å². The minimum atomic E-state index is 0.422. The molecule has 14 heavy (non-hydrogen) atoms. The maximum atomic E-state index is 4.89. The number of aromatic nitrogens is 4. The van der Waals surface area contributed by atoms with Gasteiger partial charge in [-0.3, -0.25) is 0 Å². The van der Waals surface area contributed by atoms with Crippen LogP contribution in [0.25, 0.3) is 0 Å². The molecule has 0 bridgehead atoms. The summed E-state index contributed by atoms with van der Waals surface area (Å²) < 4.78 is 6.82. The van der Waals surface area contributed by atoms with Crippen LogP contribution in [0.1, 0.15) is 11.6 Å². The van der Waals surface area contributed by atoms with Crippen molar-refractivity contribution in [3.8, 4) is 0 Å². The zero-order valence-corrected chi connectivity index (χ0v) is 8.06. The molecule has 2 heterocycles. The van der Waals surface area contributed by atoms with Gasteiger partial charge in [0, 0.05) is 19.4 Å². The summed E-state index contributed by atoms with van der Waals surface area (Å²) in [7, 11) is 1.93. The van der Waals surface area contributed by atoms with Gasteiger partial charge >= 0.3 is 6.01 Å². The van der Waals surface area contributed by atoms with Gasteiger partial charge in [0.05, 0.1) is 6.54 Å². The first kappa shape index (κ1) is 8.74. The smallest absolute Gasteiger partial charge is 0.321 e. The van der Waals surface area contributed by atoms with Crippen molar-refractivity contribution in [3.05, 3.63) is 24.0 Å². The Morgan fingerprint density at radius 2 is 2.43 bits per heavy atom. The standard InChI is InChI=1S/C8H11N5O/c1-6-11-8(14-12-6)10-5-7-9-3-4-13(7)2/h3-4H,5H2,1-2H3,(H,10,11,12). The molecule has 0 fully saturated rings. The van der Waals surface area contributed by atoms with Gasteiger partial charge in [-0.2, -0.15) is 4.98 Å². The minimum absolute atomic E-state index is 0.422. The average molecular weight is 193 g/mol. The number of nitrogens with zero attached hydrogens (tertiary/aromatic N) is 4. The molecule has 2 aromatic rings. The lowest BCUT2D eigenvalue weighted by atomic mass is 10.6. The molecule has 2 rings (SSSR count). The van der Waals surface area contributed by atoms with E-state index < -0.39 is 0 Å². The van der Waals surface area contributed by atoms with Gasteiger partial charge in [0.25, 0.3) is 0 Å². The Bertz CT molecular complexity index is 419. The van der Waals surface area contributed by atoms with E-state index in [-0.39, 0.29) is 0 Å². The van der Waals surface area contributed by atoms with E-state index in [9.17, 15) is 0 Å². The van der Waals surface area contributed by atoms with Crippen LogP contribution in [0.2, 0.25) is 0 Å². The van der Waals surface area contributed by atoms with Crippen molar-refractivity contribution < 1.29 is 4.52 Å². The number of anilines is 1.